The first-order chi connectivity index (χ1) is 10.6. The maximum atomic E-state index is 5.94. The van der Waals surface area contributed by atoms with Gasteiger partial charge in [-0.15, -0.1) is 0 Å². The molecule has 0 saturated heterocycles. The van der Waals surface area contributed by atoms with Crippen LogP contribution >= 0.6 is 0 Å². The minimum Gasteiger partial charge on any atom is -0.493 e. The highest BCUT2D eigenvalue weighted by Crippen LogP contribution is 2.22. The lowest BCUT2D eigenvalue weighted by Gasteiger charge is -2.16. The summed E-state index contributed by atoms with van der Waals surface area (Å²) < 4.78 is 5.90. The van der Waals surface area contributed by atoms with Crippen LogP contribution in [0.2, 0.25) is 0 Å². The Kier molecular flexibility index (Phi) is 6.02. The molecule has 0 aliphatic heterocycles. The van der Waals surface area contributed by atoms with Crippen LogP contribution in [0.4, 0.5) is 0 Å². The quantitative estimate of drug-likeness (QED) is 0.763. The predicted molar refractivity (Wildman–Crippen MR) is 93.6 cm³/mol. The van der Waals surface area contributed by atoms with Gasteiger partial charge in [0, 0.05) is 0 Å². The first kappa shape index (κ1) is 16.6. The van der Waals surface area contributed by atoms with Crippen LogP contribution in [0.15, 0.2) is 42.5 Å². The van der Waals surface area contributed by atoms with Crippen LogP contribution in [0.1, 0.15) is 41.0 Å². The molecule has 0 fully saturated rings. The SMILES string of the molecule is Cc1ccc(C(CN)CCCOc2ccc(C)cc2C)cc1. The summed E-state index contributed by atoms with van der Waals surface area (Å²) in [7, 11) is 0. The van der Waals surface area contributed by atoms with Crippen LogP contribution in [0, 0.1) is 20.8 Å². The van der Waals surface area contributed by atoms with Gasteiger partial charge in [0.25, 0.3) is 0 Å². The summed E-state index contributed by atoms with van der Waals surface area (Å²) >= 11 is 0. The zero-order valence-corrected chi connectivity index (χ0v) is 13.9. The van der Waals surface area contributed by atoms with Crippen molar-refractivity contribution in [3.05, 3.63) is 64.7 Å². The Morgan fingerprint density at radius 1 is 0.955 bits per heavy atom. The van der Waals surface area contributed by atoms with E-state index in [1.165, 1.54) is 22.3 Å². The maximum Gasteiger partial charge on any atom is 0.122 e. The Hall–Kier alpha value is -1.80. The third-order valence-electron chi connectivity index (χ3n) is 4.12. The molecule has 22 heavy (non-hydrogen) atoms. The molecule has 0 aromatic heterocycles. The molecular weight excluding hydrogens is 270 g/mol. The molecule has 2 rings (SSSR count). The molecule has 0 aliphatic rings. The van der Waals surface area contributed by atoms with E-state index in [1.54, 1.807) is 0 Å². The number of benzene rings is 2. The van der Waals surface area contributed by atoms with E-state index in [9.17, 15) is 0 Å². The van der Waals surface area contributed by atoms with Crippen molar-refractivity contribution in [3.63, 3.8) is 0 Å². The molecule has 2 N–H and O–H groups in total. The van der Waals surface area contributed by atoms with E-state index >= 15 is 0 Å². The zero-order chi connectivity index (χ0) is 15.9. The average molecular weight is 297 g/mol. The average Bonchev–Trinajstić information content (AvgIpc) is 2.50. The normalized spacial score (nSPS) is 12.2. The first-order valence-electron chi connectivity index (χ1n) is 8.07. The standard InChI is InChI=1S/C20H27NO/c1-15-6-9-18(10-7-15)19(14-21)5-4-12-22-20-11-8-16(2)13-17(20)3/h6-11,13,19H,4-5,12,14,21H2,1-3H3. The predicted octanol–water partition coefficient (Wildman–Crippen LogP) is 4.51. The molecule has 0 bridgehead atoms. The van der Waals surface area contributed by atoms with Crippen molar-refractivity contribution in [1.82, 2.24) is 0 Å². The molecule has 0 aliphatic carbocycles. The van der Waals surface area contributed by atoms with Crippen molar-refractivity contribution in [3.8, 4) is 5.75 Å². The summed E-state index contributed by atoms with van der Waals surface area (Å²) in [5, 5.41) is 0. The molecule has 2 nitrogen and oxygen atoms in total. The Bertz CT molecular complexity index is 589. The Labute approximate surface area is 134 Å². The van der Waals surface area contributed by atoms with Crippen LogP contribution in [0.3, 0.4) is 0 Å². The van der Waals surface area contributed by atoms with Gasteiger partial charge >= 0.3 is 0 Å². The lowest BCUT2D eigenvalue weighted by molar-refractivity contribution is 0.300. The second kappa shape index (κ2) is 8.00. The highest BCUT2D eigenvalue weighted by molar-refractivity contribution is 5.35. The molecule has 0 heterocycles. The van der Waals surface area contributed by atoms with Crippen molar-refractivity contribution in [2.75, 3.05) is 13.2 Å². The van der Waals surface area contributed by atoms with Crippen molar-refractivity contribution in [1.29, 1.82) is 0 Å². The number of nitrogens with two attached hydrogens (primary N) is 1. The van der Waals surface area contributed by atoms with Gasteiger partial charge in [-0.1, -0.05) is 47.5 Å². The van der Waals surface area contributed by atoms with Crippen molar-refractivity contribution < 1.29 is 4.74 Å². The minimum absolute atomic E-state index is 0.420. The van der Waals surface area contributed by atoms with Gasteiger partial charge in [0.2, 0.25) is 0 Å². The second-order valence-electron chi connectivity index (χ2n) is 6.10. The number of ether oxygens (including phenoxy) is 1. The summed E-state index contributed by atoms with van der Waals surface area (Å²) in [5.74, 6) is 1.41. The third-order valence-corrected chi connectivity index (χ3v) is 4.12. The van der Waals surface area contributed by atoms with E-state index in [-0.39, 0.29) is 0 Å². The topological polar surface area (TPSA) is 35.2 Å². The number of rotatable bonds is 7. The summed E-state index contributed by atoms with van der Waals surface area (Å²) in [6.07, 6.45) is 2.08. The van der Waals surface area contributed by atoms with Crippen LogP contribution in [0.25, 0.3) is 0 Å². The van der Waals surface area contributed by atoms with Gasteiger partial charge in [-0.2, -0.15) is 0 Å². The number of aryl methyl sites for hydroxylation is 3. The van der Waals surface area contributed by atoms with Gasteiger partial charge in [-0.3, -0.25) is 0 Å². The van der Waals surface area contributed by atoms with Crippen LogP contribution in [-0.2, 0) is 0 Å². The van der Waals surface area contributed by atoms with E-state index in [1.807, 2.05) is 0 Å². The molecule has 0 radical (unpaired) electrons. The Morgan fingerprint density at radius 2 is 1.64 bits per heavy atom. The summed E-state index contributed by atoms with van der Waals surface area (Å²) in [6, 6.07) is 15.0. The van der Waals surface area contributed by atoms with Crippen molar-refractivity contribution >= 4 is 0 Å². The van der Waals surface area contributed by atoms with Gasteiger partial charge in [0.15, 0.2) is 0 Å². The fraction of sp³-hybridized carbons (Fsp3) is 0.400. The number of hydrogen-bond acceptors (Lipinski definition) is 2. The Morgan fingerprint density at radius 3 is 2.27 bits per heavy atom. The lowest BCUT2D eigenvalue weighted by atomic mass is 9.94. The van der Waals surface area contributed by atoms with E-state index in [0.717, 1.165) is 25.2 Å². The maximum absolute atomic E-state index is 5.94. The minimum atomic E-state index is 0.420. The van der Waals surface area contributed by atoms with E-state index in [0.29, 0.717) is 12.5 Å². The molecule has 1 unspecified atom stereocenters. The molecule has 2 aromatic carbocycles. The molecule has 2 aromatic rings. The van der Waals surface area contributed by atoms with Gasteiger partial charge in [0.05, 0.1) is 6.61 Å². The zero-order valence-electron chi connectivity index (χ0n) is 13.9. The van der Waals surface area contributed by atoms with Crippen LogP contribution < -0.4 is 10.5 Å². The summed E-state index contributed by atoms with van der Waals surface area (Å²) in [4.78, 5) is 0. The molecule has 0 spiro atoms. The monoisotopic (exact) mass is 297 g/mol. The molecule has 2 heteroatoms. The fourth-order valence-corrected chi connectivity index (χ4v) is 2.73. The van der Waals surface area contributed by atoms with Gasteiger partial charge in [-0.25, -0.2) is 0 Å². The van der Waals surface area contributed by atoms with Gasteiger partial charge in [0.1, 0.15) is 5.75 Å². The van der Waals surface area contributed by atoms with E-state index in [2.05, 4.69) is 63.2 Å². The van der Waals surface area contributed by atoms with Crippen molar-refractivity contribution in [2.24, 2.45) is 5.73 Å². The molecule has 0 saturated carbocycles. The molecule has 0 amide bonds. The third kappa shape index (κ3) is 4.60. The van der Waals surface area contributed by atoms with Crippen LogP contribution in [-0.4, -0.2) is 13.2 Å². The second-order valence-corrected chi connectivity index (χ2v) is 6.10. The largest absolute Gasteiger partial charge is 0.493 e. The fourth-order valence-electron chi connectivity index (χ4n) is 2.73. The number of hydrogen-bond donors (Lipinski definition) is 1. The highest BCUT2D eigenvalue weighted by atomic mass is 16.5. The lowest BCUT2D eigenvalue weighted by Crippen LogP contribution is -2.13. The summed E-state index contributed by atoms with van der Waals surface area (Å²) in [5.41, 5.74) is 11.0. The van der Waals surface area contributed by atoms with Gasteiger partial charge < -0.3 is 10.5 Å². The smallest absolute Gasteiger partial charge is 0.122 e. The van der Waals surface area contributed by atoms with E-state index < -0.39 is 0 Å². The van der Waals surface area contributed by atoms with Crippen molar-refractivity contribution in [2.45, 2.75) is 39.5 Å². The molecular formula is C20H27NO. The summed E-state index contributed by atoms with van der Waals surface area (Å²) in [6.45, 7) is 7.74. The first-order valence-corrected chi connectivity index (χ1v) is 8.07. The molecule has 118 valence electrons. The van der Waals surface area contributed by atoms with Crippen LogP contribution in [0.5, 0.6) is 5.75 Å². The highest BCUT2D eigenvalue weighted by Gasteiger charge is 2.09. The van der Waals surface area contributed by atoms with E-state index in [4.69, 9.17) is 10.5 Å². The van der Waals surface area contributed by atoms with Gasteiger partial charge in [-0.05, 0) is 63.3 Å². The molecule has 1 atom stereocenters. The Balaban J connectivity index is 1.82.